The van der Waals surface area contributed by atoms with Gasteiger partial charge >= 0.3 is 0 Å². The quantitative estimate of drug-likeness (QED) is 0.695. The molecule has 0 atom stereocenters. The van der Waals surface area contributed by atoms with Gasteiger partial charge in [0, 0.05) is 11.4 Å². The summed E-state index contributed by atoms with van der Waals surface area (Å²) in [7, 11) is 0. The Morgan fingerprint density at radius 3 is 2.90 bits per heavy atom. The van der Waals surface area contributed by atoms with Crippen LogP contribution in [0.2, 0.25) is 5.15 Å². The number of rotatable bonds is 3. The van der Waals surface area contributed by atoms with Gasteiger partial charge in [-0.25, -0.2) is 4.98 Å². The zero-order chi connectivity index (χ0) is 14.1. The Morgan fingerprint density at radius 2 is 2.20 bits per heavy atom. The average molecular weight is 307 g/mol. The van der Waals surface area contributed by atoms with E-state index >= 15 is 0 Å². The summed E-state index contributed by atoms with van der Waals surface area (Å²) in [6, 6.07) is 8.59. The summed E-state index contributed by atoms with van der Waals surface area (Å²) in [6.45, 7) is 2.25. The number of halogens is 1. The zero-order valence-electron chi connectivity index (χ0n) is 10.7. The van der Waals surface area contributed by atoms with Crippen molar-refractivity contribution in [3.63, 3.8) is 0 Å². The molecule has 0 aliphatic carbocycles. The number of aryl methyl sites for hydroxylation is 1. The Morgan fingerprint density at radius 1 is 1.35 bits per heavy atom. The third-order valence-corrected chi connectivity index (χ3v) is 4.06. The smallest absolute Gasteiger partial charge is 0.252 e. The van der Waals surface area contributed by atoms with Crippen LogP contribution in [0, 0.1) is 6.92 Å². The number of thiazole rings is 1. The summed E-state index contributed by atoms with van der Waals surface area (Å²) in [5, 5.41) is 3.11. The molecule has 0 unspecified atom stereocenters. The number of furan rings is 1. The first-order valence-corrected chi connectivity index (χ1v) is 7.26. The molecule has 0 saturated carbocycles. The van der Waals surface area contributed by atoms with E-state index in [1.54, 1.807) is 12.1 Å². The van der Waals surface area contributed by atoms with Gasteiger partial charge in [-0.3, -0.25) is 9.36 Å². The third-order valence-electron chi connectivity index (χ3n) is 2.82. The first-order valence-electron chi connectivity index (χ1n) is 6.00. The van der Waals surface area contributed by atoms with Gasteiger partial charge in [-0.2, -0.15) is 0 Å². The predicted octanol–water partition coefficient (Wildman–Crippen LogP) is 3.57. The molecule has 6 heteroatoms. The van der Waals surface area contributed by atoms with E-state index in [9.17, 15) is 4.79 Å². The minimum absolute atomic E-state index is 0.138. The van der Waals surface area contributed by atoms with Crippen molar-refractivity contribution in [3.8, 4) is 10.8 Å². The van der Waals surface area contributed by atoms with Crippen LogP contribution in [0.4, 0.5) is 0 Å². The lowest BCUT2D eigenvalue weighted by Gasteiger charge is -2.04. The molecular formula is C14H11ClN2O2S. The molecule has 0 radical (unpaired) electrons. The first kappa shape index (κ1) is 13.1. The molecule has 4 nitrogen and oxygen atoms in total. The Bertz CT molecular complexity index is 803. The number of nitrogens with zero attached hydrogens (tertiary/aromatic N) is 2. The summed E-state index contributed by atoms with van der Waals surface area (Å²) in [6.07, 6.45) is 0. The molecule has 3 aromatic rings. The Kier molecular flexibility index (Phi) is 3.46. The standard InChI is InChI=1S/C14H11ClN2O2S/c1-9-5-6-11(19-9)14-16-10(8-20-14)7-17-12(15)3-2-4-13(17)18/h2-6,8H,7H2,1H3. The maximum Gasteiger partial charge on any atom is 0.252 e. The SMILES string of the molecule is Cc1ccc(-c2nc(Cn3c(Cl)cccc3=O)cs2)o1. The van der Waals surface area contributed by atoms with E-state index in [2.05, 4.69) is 4.98 Å². The molecule has 0 spiro atoms. The highest BCUT2D eigenvalue weighted by atomic mass is 35.5. The maximum absolute atomic E-state index is 11.8. The van der Waals surface area contributed by atoms with Gasteiger partial charge in [0.05, 0.1) is 12.2 Å². The Hall–Kier alpha value is -1.85. The second-order valence-corrected chi connectivity index (χ2v) is 5.57. The highest BCUT2D eigenvalue weighted by molar-refractivity contribution is 7.13. The highest BCUT2D eigenvalue weighted by Gasteiger charge is 2.10. The molecule has 3 heterocycles. The summed E-state index contributed by atoms with van der Waals surface area (Å²) >= 11 is 7.51. The van der Waals surface area contributed by atoms with Crippen molar-refractivity contribution in [2.24, 2.45) is 0 Å². The van der Waals surface area contributed by atoms with Crippen LogP contribution in [0.15, 0.2) is 44.9 Å². The molecule has 3 rings (SSSR count). The van der Waals surface area contributed by atoms with Crippen molar-refractivity contribution in [2.45, 2.75) is 13.5 Å². The molecule has 0 aliphatic rings. The van der Waals surface area contributed by atoms with Gasteiger partial charge in [-0.05, 0) is 25.1 Å². The van der Waals surface area contributed by atoms with Crippen LogP contribution in [0.1, 0.15) is 11.5 Å². The van der Waals surface area contributed by atoms with Crippen LogP contribution in [-0.2, 0) is 6.54 Å². The summed E-state index contributed by atoms with van der Waals surface area (Å²) in [5.41, 5.74) is 0.648. The summed E-state index contributed by atoms with van der Waals surface area (Å²) in [4.78, 5) is 16.2. The van der Waals surface area contributed by atoms with Crippen LogP contribution < -0.4 is 5.56 Å². The zero-order valence-corrected chi connectivity index (χ0v) is 12.2. The van der Waals surface area contributed by atoms with Gasteiger partial charge in [0.25, 0.3) is 5.56 Å². The van der Waals surface area contributed by atoms with Crippen molar-refractivity contribution in [2.75, 3.05) is 0 Å². The number of hydrogen-bond donors (Lipinski definition) is 0. The third kappa shape index (κ3) is 2.55. The van der Waals surface area contributed by atoms with Gasteiger partial charge in [-0.15, -0.1) is 11.3 Å². The first-order chi connectivity index (χ1) is 9.63. The molecule has 0 bridgehead atoms. The van der Waals surface area contributed by atoms with E-state index in [1.165, 1.54) is 22.0 Å². The number of aromatic nitrogens is 2. The van der Waals surface area contributed by atoms with Gasteiger partial charge < -0.3 is 4.42 Å². The van der Waals surface area contributed by atoms with Gasteiger partial charge in [0.2, 0.25) is 0 Å². The van der Waals surface area contributed by atoms with Crippen molar-refractivity contribution in [3.05, 3.63) is 62.7 Å². The normalized spacial score (nSPS) is 10.9. The van der Waals surface area contributed by atoms with Crippen molar-refractivity contribution in [1.82, 2.24) is 9.55 Å². The Balaban J connectivity index is 1.90. The van der Waals surface area contributed by atoms with Crippen LogP contribution in [0.3, 0.4) is 0 Å². The summed E-state index contributed by atoms with van der Waals surface area (Å²) in [5.74, 6) is 1.59. The topological polar surface area (TPSA) is 48.0 Å². The van der Waals surface area contributed by atoms with E-state index < -0.39 is 0 Å². The highest BCUT2D eigenvalue weighted by Crippen LogP contribution is 2.25. The monoisotopic (exact) mass is 306 g/mol. The predicted molar refractivity (Wildman–Crippen MR) is 79.4 cm³/mol. The maximum atomic E-state index is 11.8. The van der Waals surface area contributed by atoms with E-state index in [1.807, 2.05) is 24.4 Å². The molecule has 0 aromatic carbocycles. The fourth-order valence-corrected chi connectivity index (χ4v) is 2.84. The van der Waals surface area contributed by atoms with E-state index in [-0.39, 0.29) is 5.56 Å². The second kappa shape index (κ2) is 5.26. The van der Waals surface area contributed by atoms with Gasteiger partial charge in [0.15, 0.2) is 10.8 Å². The van der Waals surface area contributed by atoms with Crippen LogP contribution in [0.5, 0.6) is 0 Å². The number of hydrogen-bond acceptors (Lipinski definition) is 4. The minimum Gasteiger partial charge on any atom is -0.459 e. The fourth-order valence-electron chi connectivity index (χ4n) is 1.85. The summed E-state index contributed by atoms with van der Waals surface area (Å²) < 4.78 is 7.01. The molecule has 0 N–H and O–H groups in total. The molecule has 0 fully saturated rings. The fraction of sp³-hybridized carbons (Fsp3) is 0.143. The van der Waals surface area contributed by atoms with Gasteiger partial charge in [0.1, 0.15) is 10.9 Å². The van der Waals surface area contributed by atoms with Gasteiger partial charge in [-0.1, -0.05) is 17.7 Å². The molecule has 0 aliphatic heterocycles. The van der Waals surface area contributed by atoms with Crippen LogP contribution in [-0.4, -0.2) is 9.55 Å². The second-order valence-electron chi connectivity index (χ2n) is 4.33. The number of pyridine rings is 1. The van der Waals surface area contributed by atoms with Crippen molar-refractivity contribution < 1.29 is 4.42 Å². The molecule has 102 valence electrons. The van der Waals surface area contributed by atoms with E-state index in [0.717, 1.165) is 22.2 Å². The molecular weight excluding hydrogens is 296 g/mol. The van der Waals surface area contributed by atoms with E-state index in [4.69, 9.17) is 16.0 Å². The van der Waals surface area contributed by atoms with Crippen LogP contribution >= 0.6 is 22.9 Å². The Labute approximate surface area is 124 Å². The van der Waals surface area contributed by atoms with Crippen LogP contribution in [0.25, 0.3) is 10.8 Å². The van der Waals surface area contributed by atoms with E-state index in [0.29, 0.717) is 11.7 Å². The lowest BCUT2D eigenvalue weighted by Crippen LogP contribution is -2.19. The van der Waals surface area contributed by atoms with Crippen molar-refractivity contribution >= 4 is 22.9 Å². The van der Waals surface area contributed by atoms with Crippen molar-refractivity contribution in [1.29, 1.82) is 0 Å². The average Bonchev–Trinajstić information content (AvgIpc) is 3.03. The molecule has 3 aromatic heterocycles. The lowest BCUT2D eigenvalue weighted by molar-refractivity contribution is 0.547. The molecule has 20 heavy (non-hydrogen) atoms. The minimum atomic E-state index is -0.138. The molecule has 0 amide bonds. The lowest BCUT2D eigenvalue weighted by atomic mass is 10.4. The molecule has 0 saturated heterocycles. The largest absolute Gasteiger partial charge is 0.459 e.